The molecular formula is C52H40O2. The maximum absolute atomic E-state index is 9.74. The molecule has 0 saturated carbocycles. The lowest BCUT2D eigenvalue weighted by atomic mass is 9.63. The van der Waals surface area contributed by atoms with Crippen molar-refractivity contribution in [3.8, 4) is 33.6 Å². The summed E-state index contributed by atoms with van der Waals surface area (Å²) in [6, 6.07) is 28.3. The van der Waals surface area contributed by atoms with Gasteiger partial charge in [-0.25, -0.2) is 0 Å². The van der Waals surface area contributed by atoms with E-state index in [0.29, 0.717) is 39.0 Å². The van der Waals surface area contributed by atoms with Crippen LogP contribution in [0.15, 0.2) is 154 Å². The molecule has 0 radical (unpaired) electrons. The first-order valence-electron chi connectivity index (χ1n) is 22.6. The van der Waals surface area contributed by atoms with Gasteiger partial charge in [0, 0.05) is 38.2 Å². The second-order valence-corrected chi connectivity index (χ2v) is 16.1. The summed E-state index contributed by atoms with van der Waals surface area (Å²) < 4.78 is 88.4. The molecule has 0 bridgehead atoms. The molecule has 0 amide bonds. The molecule has 0 atom stereocenters. The van der Waals surface area contributed by atoms with Crippen molar-refractivity contribution in [3.05, 3.63) is 157 Å². The van der Waals surface area contributed by atoms with Crippen LogP contribution in [0.5, 0.6) is 0 Å². The van der Waals surface area contributed by atoms with Gasteiger partial charge in [-0.2, -0.15) is 0 Å². The third-order valence-corrected chi connectivity index (χ3v) is 12.0. The SMILES string of the molecule is [2H]c1c([2H])c([2H])c2c(-c3c(-c4ccc5c(c4)C(C)(C)CCC5(C)C)oc4c3ccc3ccccc34)c3c([2H])c([2H])c([2H])c([2H])c3c(-c3ccc4oc5ccccc5c4c3)c2c1[2H]. The fourth-order valence-corrected chi connectivity index (χ4v) is 9.05. The normalized spacial score (nSPS) is 17.3. The van der Waals surface area contributed by atoms with Crippen LogP contribution in [0.3, 0.4) is 0 Å². The lowest BCUT2D eigenvalue weighted by Crippen LogP contribution is -2.33. The molecule has 2 nitrogen and oxygen atoms in total. The Morgan fingerprint density at radius 2 is 1.07 bits per heavy atom. The van der Waals surface area contributed by atoms with Crippen LogP contribution < -0.4 is 0 Å². The van der Waals surface area contributed by atoms with Gasteiger partial charge in [0.1, 0.15) is 22.5 Å². The highest BCUT2D eigenvalue weighted by molar-refractivity contribution is 6.26. The largest absolute Gasteiger partial charge is 0.456 e. The molecule has 2 heterocycles. The fraction of sp³-hybridized carbons (Fsp3) is 0.154. The van der Waals surface area contributed by atoms with E-state index < -0.39 is 24.2 Å². The van der Waals surface area contributed by atoms with Gasteiger partial charge in [-0.05, 0) is 103 Å². The Morgan fingerprint density at radius 1 is 0.463 bits per heavy atom. The van der Waals surface area contributed by atoms with E-state index >= 15 is 0 Å². The van der Waals surface area contributed by atoms with E-state index in [1.807, 2.05) is 66.7 Å². The van der Waals surface area contributed by atoms with E-state index in [0.717, 1.165) is 39.9 Å². The number of fused-ring (bicyclic) bond motifs is 9. The Bertz CT molecular complexity index is 3550. The van der Waals surface area contributed by atoms with Gasteiger partial charge in [-0.15, -0.1) is 0 Å². The average molecular weight is 705 g/mol. The molecule has 2 aromatic heterocycles. The second-order valence-electron chi connectivity index (χ2n) is 16.1. The number of rotatable bonds is 3. The first-order valence-corrected chi connectivity index (χ1v) is 18.6. The maximum atomic E-state index is 9.74. The molecular weight excluding hydrogens is 657 g/mol. The molecule has 0 unspecified atom stereocenters. The first-order chi connectivity index (χ1) is 29.6. The number of benzene rings is 8. The highest BCUT2D eigenvalue weighted by Gasteiger charge is 2.37. The van der Waals surface area contributed by atoms with E-state index in [-0.39, 0.29) is 67.7 Å². The second kappa shape index (κ2) is 11.2. The molecule has 1 aliphatic rings. The molecule has 2 heteroatoms. The Morgan fingerprint density at radius 3 is 1.81 bits per heavy atom. The molecule has 11 rings (SSSR count). The van der Waals surface area contributed by atoms with Crippen LogP contribution >= 0.6 is 0 Å². The smallest absolute Gasteiger partial charge is 0.143 e. The minimum Gasteiger partial charge on any atom is -0.456 e. The molecule has 260 valence electrons. The summed E-state index contributed by atoms with van der Waals surface area (Å²) in [4.78, 5) is 0. The number of hydrogen-bond donors (Lipinski definition) is 0. The van der Waals surface area contributed by atoms with Crippen LogP contribution in [0.4, 0.5) is 0 Å². The lowest BCUT2D eigenvalue weighted by Gasteiger charge is -2.42. The van der Waals surface area contributed by atoms with Crippen LogP contribution in [0.25, 0.3) is 98.8 Å². The zero-order chi connectivity index (χ0) is 43.3. The minimum atomic E-state index is -0.455. The molecule has 0 spiro atoms. The van der Waals surface area contributed by atoms with E-state index in [1.165, 1.54) is 11.1 Å². The number of hydrogen-bond acceptors (Lipinski definition) is 2. The molecule has 0 fully saturated rings. The Kier molecular flexibility index (Phi) is 5.03. The van der Waals surface area contributed by atoms with Gasteiger partial charge in [0.25, 0.3) is 0 Å². The molecule has 10 aromatic rings. The highest BCUT2D eigenvalue weighted by atomic mass is 16.3. The number of furan rings is 2. The summed E-state index contributed by atoms with van der Waals surface area (Å²) in [7, 11) is 0. The standard InChI is InChI=1S/C52H40O2/c1-51(2)27-28-52(3,4)43-30-33(22-25-42(43)51)49-48(40-24-21-31-13-5-6-14-34(31)50(40)54-49)47-38-18-9-7-16-36(38)46(37-17-8-10-19-39(37)47)32-23-26-45-41(29-32)35-15-11-12-20-44(35)53-45/h5-26,29-30H,27-28H2,1-4H3/i7D,8D,9D,10D,16D,17D,18D,19D. The quantitative estimate of drug-likeness (QED) is 0.171. The molecule has 0 N–H and O–H groups in total. The Hall–Kier alpha value is -6.12. The van der Waals surface area contributed by atoms with Crippen molar-refractivity contribution in [3.63, 3.8) is 0 Å². The summed E-state index contributed by atoms with van der Waals surface area (Å²) in [5.74, 6) is 0.444. The zero-order valence-electron chi connectivity index (χ0n) is 38.5. The van der Waals surface area contributed by atoms with E-state index in [2.05, 4.69) is 45.9 Å². The highest BCUT2D eigenvalue weighted by Crippen LogP contribution is 2.53. The van der Waals surface area contributed by atoms with Crippen LogP contribution in [-0.2, 0) is 10.8 Å². The van der Waals surface area contributed by atoms with Gasteiger partial charge in [-0.3, -0.25) is 0 Å². The van der Waals surface area contributed by atoms with Crippen molar-refractivity contribution in [2.45, 2.75) is 51.4 Å². The van der Waals surface area contributed by atoms with Gasteiger partial charge >= 0.3 is 0 Å². The van der Waals surface area contributed by atoms with Crippen molar-refractivity contribution >= 4 is 65.2 Å². The molecule has 0 aliphatic heterocycles. The summed E-state index contributed by atoms with van der Waals surface area (Å²) in [6.07, 6.45) is 2.02. The van der Waals surface area contributed by atoms with Crippen LogP contribution in [0, 0.1) is 0 Å². The van der Waals surface area contributed by atoms with Crippen LogP contribution in [0.1, 0.15) is 62.6 Å². The first kappa shape index (κ1) is 24.2. The fourth-order valence-electron chi connectivity index (χ4n) is 9.05. The Balaban J connectivity index is 1.38. The van der Waals surface area contributed by atoms with Crippen molar-refractivity contribution in [1.82, 2.24) is 0 Å². The summed E-state index contributed by atoms with van der Waals surface area (Å²) in [6.45, 7) is 9.06. The van der Waals surface area contributed by atoms with E-state index in [4.69, 9.17) is 14.3 Å². The van der Waals surface area contributed by atoms with Crippen molar-refractivity contribution in [2.75, 3.05) is 0 Å². The zero-order valence-corrected chi connectivity index (χ0v) is 30.5. The van der Waals surface area contributed by atoms with Gasteiger partial charge in [0.2, 0.25) is 0 Å². The van der Waals surface area contributed by atoms with Gasteiger partial charge in [-0.1, -0.05) is 143 Å². The molecule has 0 saturated heterocycles. The molecule has 1 aliphatic carbocycles. The maximum Gasteiger partial charge on any atom is 0.143 e. The monoisotopic (exact) mass is 704 g/mol. The minimum absolute atomic E-state index is 0.0590. The third kappa shape index (κ3) is 4.46. The predicted molar refractivity (Wildman–Crippen MR) is 228 cm³/mol. The van der Waals surface area contributed by atoms with Crippen LogP contribution in [-0.4, -0.2) is 0 Å². The summed E-state index contributed by atoms with van der Waals surface area (Å²) in [5, 5.41) is 4.60. The molecule has 8 aromatic carbocycles. The number of para-hydroxylation sites is 1. The van der Waals surface area contributed by atoms with Gasteiger partial charge in [0.05, 0.1) is 11.0 Å². The van der Waals surface area contributed by atoms with E-state index in [1.54, 1.807) is 12.1 Å². The predicted octanol–water partition coefficient (Wildman–Crippen LogP) is 15.1. The summed E-state index contributed by atoms with van der Waals surface area (Å²) in [5.41, 5.74) is 6.40. The van der Waals surface area contributed by atoms with Crippen molar-refractivity contribution < 1.29 is 19.8 Å². The van der Waals surface area contributed by atoms with Crippen molar-refractivity contribution in [2.24, 2.45) is 0 Å². The van der Waals surface area contributed by atoms with Crippen LogP contribution in [0.2, 0.25) is 0 Å². The molecule has 54 heavy (non-hydrogen) atoms. The van der Waals surface area contributed by atoms with Crippen molar-refractivity contribution in [1.29, 1.82) is 0 Å². The summed E-state index contributed by atoms with van der Waals surface area (Å²) >= 11 is 0. The Labute approximate surface area is 325 Å². The topological polar surface area (TPSA) is 26.3 Å². The van der Waals surface area contributed by atoms with E-state index in [9.17, 15) is 5.48 Å². The lowest BCUT2D eigenvalue weighted by molar-refractivity contribution is 0.332. The van der Waals surface area contributed by atoms with Gasteiger partial charge in [0.15, 0.2) is 0 Å². The average Bonchev–Trinajstić information content (AvgIpc) is 3.85. The third-order valence-electron chi connectivity index (χ3n) is 12.0. The van der Waals surface area contributed by atoms with Gasteiger partial charge < -0.3 is 8.83 Å².